The van der Waals surface area contributed by atoms with Crippen LogP contribution in [0.15, 0.2) is 36.4 Å². The molecule has 0 radical (unpaired) electrons. The molecule has 2 nitrogen and oxygen atoms in total. The summed E-state index contributed by atoms with van der Waals surface area (Å²) in [5, 5.41) is 0. The van der Waals surface area contributed by atoms with E-state index < -0.39 is 5.79 Å². The van der Waals surface area contributed by atoms with Crippen LogP contribution in [0.4, 0.5) is 0 Å². The van der Waals surface area contributed by atoms with Crippen LogP contribution in [0.1, 0.15) is 35.8 Å². The molecule has 21 heavy (non-hydrogen) atoms. The maximum absolute atomic E-state index is 5.97. The zero-order chi connectivity index (χ0) is 14.2. The first-order valence-electron chi connectivity index (χ1n) is 8.19. The summed E-state index contributed by atoms with van der Waals surface area (Å²) in [6.07, 6.45) is 7.43. The molecular formula is C19H22O2. The van der Waals surface area contributed by atoms with Gasteiger partial charge in [-0.1, -0.05) is 36.4 Å². The van der Waals surface area contributed by atoms with Crippen LogP contribution in [0.2, 0.25) is 0 Å². The summed E-state index contributed by atoms with van der Waals surface area (Å²) in [6.45, 7) is 0. The Morgan fingerprint density at radius 1 is 0.857 bits per heavy atom. The Morgan fingerprint density at radius 3 is 1.76 bits per heavy atom. The molecular weight excluding hydrogens is 260 g/mol. The van der Waals surface area contributed by atoms with Crippen molar-refractivity contribution < 1.29 is 9.47 Å². The maximum atomic E-state index is 5.97. The van der Waals surface area contributed by atoms with Gasteiger partial charge in [0.05, 0.1) is 0 Å². The molecule has 5 aliphatic carbocycles. The molecule has 1 aromatic carbocycles. The van der Waals surface area contributed by atoms with E-state index in [4.69, 9.17) is 9.47 Å². The molecule has 6 rings (SSSR count). The molecule has 0 saturated heterocycles. The predicted molar refractivity (Wildman–Crippen MR) is 81.0 cm³/mol. The van der Waals surface area contributed by atoms with Gasteiger partial charge >= 0.3 is 0 Å². The fourth-order valence-corrected chi connectivity index (χ4v) is 6.32. The topological polar surface area (TPSA) is 18.5 Å². The second-order valence-corrected chi connectivity index (χ2v) is 7.14. The van der Waals surface area contributed by atoms with E-state index in [2.05, 4.69) is 36.4 Å². The minimum Gasteiger partial charge on any atom is -0.352 e. The SMILES string of the molecule is COC1(OC)[C@@H]2C=C[C@@H]1[C@@H]1[C@@H]2[C@@H]2CC[C@@H]1c1ccccc12. The number of hydrogen-bond acceptors (Lipinski definition) is 2. The first kappa shape index (κ1) is 12.4. The molecule has 2 fully saturated rings. The molecule has 0 heterocycles. The van der Waals surface area contributed by atoms with E-state index in [1.54, 1.807) is 11.1 Å². The Balaban J connectivity index is 1.69. The lowest BCUT2D eigenvalue weighted by atomic mass is 9.54. The highest BCUT2D eigenvalue weighted by Crippen LogP contribution is 2.70. The van der Waals surface area contributed by atoms with Crippen molar-refractivity contribution in [1.29, 1.82) is 0 Å². The highest BCUT2D eigenvalue weighted by Gasteiger charge is 2.68. The summed E-state index contributed by atoms with van der Waals surface area (Å²) < 4.78 is 11.9. The van der Waals surface area contributed by atoms with Crippen molar-refractivity contribution in [2.75, 3.05) is 14.2 Å². The van der Waals surface area contributed by atoms with Crippen molar-refractivity contribution in [3.05, 3.63) is 47.5 Å². The third-order valence-corrected chi connectivity index (χ3v) is 6.88. The molecule has 1 aromatic rings. The minimum absolute atomic E-state index is 0.405. The van der Waals surface area contributed by atoms with E-state index in [0.717, 1.165) is 0 Å². The summed E-state index contributed by atoms with van der Waals surface area (Å²) in [4.78, 5) is 0. The Hall–Kier alpha value is -1.12. The third-order valence-electron chi connectivity index (χ3n) is 6.88. The lowest BCUT2D eigenvalue weighted by Gasteiger charge is -2.50. The van der Waals surface area contributed by atoms with E-state index in [1.165, 1.54) is 12.8 Å². The lowest BCUT2D eigenvalue weighted by Crippen LogP contribution is -2.41. The van der Waals surface area contributed by atoms with E-state index >= 15 is 0 Å². The second kappa shape index (κ2) is 3.99. The highest BCUT2D eigenvalue weighted by molar-refractivity contribution is 5.44. The average molecular weight is 282 g/mol. The number of hydrogen-bond donors (Lipinski definition) is 0. The van der Waals surface area contributed by atoms with Crippen molar-refractivity contribution in [2.45, 2.75) is 30.5 Å². The summed E-state index contributed by atoms with van der Waals surface area (Å²) in [5.74, 6) is 3.23. The van der Waals surface area contributed by atoms with Crippen LogP contribution in [-0.4, -0.2) is 20.0 Å². The van der Waals surface area contributed by atoms with Gasteiger partial charge < -0.3 is 9.47 Å². The van der Waals surface area contributed by atoms with Gasteiger partial charge in [0.25, 0.3) is 0 Å². The normalized spacial score (nSPS) is 43.9. The van der Waals surface area contributed by atoms with Gasteiger partial charge in [-0.15, -0.1) is 0 Å². The molecule has 0 amide bonds. The molecule has 0 aromatic heterocycles. The van der Waals surface area contributed by atoms with Gasteiger partial charge in [-0.25, -0.2) is 0 Å². The molecule has 0 spiro atoms. The maximum Gasteiger partial charge on any atom is 0.180 e. The van der Waals surface area contributed by atoms with Crippen LogP contribution >= 0.6 is 0 Å². The summed E-state index contributed by atoms with van der Waals surface area (Å²) in [7, 11) is 3.64. The third kappa shape index (κ3) is 1.24. The van der Waals surface area contributed by atoms with Gasteiger partial charge in [0, 0.05) is 26.1 Å². The number of methoxy groups -OCH3 is 2. The van der Waals surface area contributed by atoms with Gasteiger partial charge in [-0.05, 0) is 47.6 Å². The Kier molecular flexibility index (Phi) is 2.36. The molecule has 2 saturated carbocycles. The van der Waals surface area contributed by atoms with Crippen molar-refractivity contribution >= 4 is 0 Å². The zero-order valence-corrected chi connectivity index (χ0v) is 12.7. The Bertz CT molecular complexity index is 567. The van der Waals surface area contributed by atoms with E-state index in [-0.39, 0.29) is 0 Å². The fourth-order valence-electron chi connectivity index (χ4n) is 6.32. The van der Waals surface area contributed by atoms with Crippen LogP contribution in [0, 0.1) is 23.7 Å². The standard InChI is InChI=1S/C19H22O2/c1-20-19(21-2)15-9-10-16(19)18-14-8-7-13(17(15)18)11-5-3-4-6-12(11)14/h3-6,9-10,13-18H,7-8H2,1-2H3/t13-,14-,15-,16-,17-,18-/m1/s1. The van der Waals surface area contributed by atoms with Crippen molar-refractivity contribution in [3.63, 3.8) is 0 Å². The van der Waals surface area contributed by atoms with Gasteiger partial charge in [0.2, 0.25) is 0 Å². The largest absolute Gasteiger partial charge is 0.352 e. The second-order valence-electron chi connectivity index (χ2n) is 7.14. The monoisotopic (exact) mass is 282 g/mol. The van der Waals surface area contributed by atoms with Crippen LogP contribution < -0.4 is 0 Å². The lowest BCUT2D eigenvalue weighted by molar-refractivity contribution is -0.234. The molecule has 2 heteroatoms. The quantitative estimate of drug-likeness (QED) is 0.608. The minimum atomic E-state index is -0.405. The van der Waals surface area contributed by atoms with Crippen LogP contribution in [0.3, 0.4) is 0 Å². The summed E-state index contributed by atoms with van der Waals surface area (Å²) >= 11 is 0. The van der Waals surface area contributed by atoms with Crippen LogP contribution in [0.25, 0.3) is 0 Å². The molecule has 0 N–H and O–H groups in total. The van der Waals surface area contributed by atoms with Crippen molar-refractivity contribution in [1.82, 2.24) is 0 Å². The van der Waals surface area contributed by atoms with E-state index in [0.29, 0.717) is 35.5 Å². The first-order valence-corrected chi connectivity index (χ1v) is 8.19. The zero-order valence-electron chi connectivity index (χ0n) is 12.7. The fraction of sp³-hybridized carbons (Fsp3) is 0.579. The van der Waals surface area contributed by atoms with Crippen molar-refractivity contribution in [3.8, 4) is 0 Å². The van der Waals surface area contributed by atoms with Gasteiger partial charge in [-0.2, -0.15) is 0 Å². The van der Waals surface area contributed by atoms with E-state index in [9.17, 15) is 0 Å². The Morgan fingerprint density at radius 2 is 1.33 bits per heavy atom. The smallest absolute Gasteiger partial charge is 0.180 e. The summed E-state index contributed by atoms with van der Waals surface area (Å²) in [6, 6.07) is 9.13. The Labute approximate surface area is 126 Å². The number of rotatable bonds is 2. The predicted octanol–water partition coefficient (Wildman–Crippen LogP) is 3.70. The van der Waals surface area contributed by atoms with Gasteiger partial charge in [0.1, 0.15) is 0 Å². The molecule has 5 aliphatic rings. The van der Waals surface area contributed by atoms with Gasteiger partial charge in [-0.3, -0.25) is 0 Å². The highest BCUT2D eigenvalue weighted by atomic mass is 16.7. The molecule has 4 bridgehead atoms. The molecule has 6 atom stereocenters. The summed E-state index contributed by atoms with van der Waals surface area (Å²) in [5.41, 5.74) is 3.22. The van der Waals surface area contributed by atoms with Crippen LogP contribution in [0.5, 0.6) is 0 Å². The first-order chi connectivity index (χ1) is 10.3. The number of ether oxygens (including phenoxy) is 2. The molecule has 0 aliphatic heterocycles. The van der Waals surface area contributed by atoms with Crippen molar-refractivity contribution in [2.24, 2.45) is 23.7 Å². The molecule has 110 valence electrons. The van der Waals surface area contributed by atoms with Crippen LogP contribution in [-0.2, 0) is 9.47 Å². The molecule has 0 unspecified atom stereocenters. The average Bonchev–Trinajstić information content (AvgIpc) is 3.07. The number of fused-ring (bicyclic) bond motifs is 3. The van der Waals surface area contributed by atoms with Gasteiger partial charge in [0.15, 0.2) is 5.79 Å². The number of benzene rings is 1. The van der Waals surface area contributed by atoms with E-state index in [1.807, 2.05) is 14.2 Å².